The molecule has 2 aromatic rings. The standard InChI is InChI=1S/C16H15NO3/c1-20-15-5-3-2-4-12(15)14-8-6-10-11(16(18)19)7-9-13(10)17-14/h2-6,8,11H,7,9H2,1H3,(H,18,19). The molecule has 0 saturated heterocycles. The van der Waals surface area contributed by atoms with E-state index in [9.17, 15) is 9.90 Å². The first-order valence-corrected chi connectivity index (χ1v) is 6.56. The maximum atomic E-state index is 11.2. The molecule has 0 aliphatic heterocycles. The van der Waals surface area contributed by atoms with Crippen molar-refractivity contribution in [3.05, 3.63) is 47.7 Å². The van der Waals surface area contributed by atoms with Crippen molar-refractivity contribution >= 4 is 5.97 Å². The van der Waals surface area contributed by atoms with Crippen molar-refractivity contribution in [2.75, 3.05) is 7.11 Å². The first-order valence-electron chi connectivity index (χ1n) is 6.56. The number of carboxylic acids is 1. The summed E-state index contributed by atoms with van der Waals surface area (Å²) in [6.45, 7) is 0. The van der Waals surface area contributed by atoms with Crippen LogP contribution in [0.2, 0.25) is 0 Å². The van der Waals surface area contributed by atoms with Crippen molar-refractivity contribution in [1.29, 1.82) is 0 Å². The lowest BCUT2D eigenvalue weighted by atomic mass is 10.0. The number of carboxylic acid groups (broad SMARTS) is 1. The quantitative estimate of drug-likeness (QED) is 0.930. The van der Waals surface area contributed by atoms with Crippen molar-refractivity contribution in [2.45, 2.75) is 18.8 Å². The fourth-order valence-electron chi connectivity index (χ4n) is 2.73. The molecule has 4 nitrogen and oxygen atoms in total. The molecule has 1 unspecified atom stereocenters. The van der Waals surface area contributed by atoms with Crippen molar-refractivity contribution in [3.63, 3.8) is 0 Å². The maximum Gasteiger partial charge on any atom is 0.311 e. The topological polar surface area (TPSA) is 59.4 Å². The Bertz CT molecular complexity index is 667. The second kappa shape index (κ2) is 4.96. The summed E-state index contributed by atoms with van der Waals surface area (Å²) in [5, 5.41) is 9.18. The van der Waals surface area contributed by atoms with Crippen molar-refractivity contribution in [2.24, 2.45) is 0 Å². The number of rotatable bonds is 3. The minimum Gasteiger partial charge on any atom is -0.496 e. The first kappa shape index (κ1) is 12.7. The van der Waals surface area contributed by atoms with Crippen LogP contribution in [0.5, 0.6) is 5.75 Å². The van der Waals surface area contributed by atoms with Gasteiger partial charge in [0.05, 0.1) is 18.7 Å². The van der Waals surface area contributed by atoms with Gasteiger partial charge in [0.15, 0.2) is 0 Å². The smallest absolute Gasteiger partial charge is 0.311 e. The van der Waals surface area contributed by atoms with Gasteiger partial charge in [-0.15, -0.1) is 0 Å². The van der Waals surface area contributed by atoms with Gasteiger partial charge in [0.1, 0.15) is 5.75 Å². The molecule has 1 aliphatic carbocycles. The molecule has 1 N–H and O–H groups in total. The lowest BCUT2D eigenvalue weighted by molar-refractivity contribution is -0.138. The van der Waals surface area contributed by atoms with Gasteiger partial charge < -0.3 is 9.84 Å². The summed E-state index contributed by atoms with van der Waals surface area (Å²) in [6.07, 6.45) is 1.35. The van der Waals surface area contributed by atoms with Gasteiger partial charge in [-0.2, -0.15) is 0 Å². The van der Waals surface area contributed by atoms with Crippen LogP contribution in [0.3, 0.4) is 0 Å². The van der Waals surface area contributed by atoms with Gasteiger partial charge >= 0.3 is 5.97 Å². The van der Waals surface area contributed by atoms with Gasteiger partial charge in [-0.3, -0.25) is 9.78 Å². The minimum atomic E-state index is -0.768. The van der Waals surface area contributed by atoms with E-state index < -0.39 is 11.9 Å². The molecule has 102 valence electrons. The number of ether oxygens (including phenoxy) is 1. The summed E-state index contributed by atoms with van der Waals surface area (Å²) < 4.78 is 5.34. The summed E-state index contributed by atoms with van der Waals surface area (Å²) in [7, 11) is 1.63. The van der Waals surface area contributed by atoms with E-state index in [2.05, 4.69) is 4.98 Å². The number of nitrogens with zero attached hydrogens (tertiary/aromatic N) is 1. The van der Waals surface area contributed by atoms with Crippen LogP contribution in [0.1, 0.15) is 23.6 Å². The number of hydrogen-bond acceptors (Lipinski definition) is 3. The Hall–Kier alpha value is -2.36. The molecule has 1 aliphatic rings. The van der Waals surface area contributed by atoms with Crippen LogP contribution in [0.25, 0.3) is 11.3 Å². The monoisotopic (exact) mass is 269 g/mol. The molecule has 1 atom stereocenters. The highest BCUT2D eigenvalue weighted by Crippen LogP contribution is 2.35. The zero-order valence-electron chi connectivity index (χ0n) is 11.2. The number of para-hydroxylation sites is 1. The number of hydrogen-bond donors (Lipinski definition) is 1. The van der Waals surface area contributed by atoms with Crippen molar-refractivity contribution in [3.8, 4) is 17.0 Å². The Morgan fingerprint density at radius 3 is 2.85 bits per heavy atom. The molecule has 0 fully saturated rings. The van der Waals surface area contributed by atoms with E-state index in [0.717, 1.165) is 34.7 Å². The Balaban J connectivity index is 2.04. The van der Waals surface area contributed by atoms with Crippen LogP contribution in [0, 0.1) is 0 Å². The van der Waals surface area contributed by atoms with Crippen LogP contribution >= 0.6 is 0 Å². The fourth-order valence-corrected chi connectivity index (χ4v) is 2.73. The van der Waals surface area contributed by atoms with Gasteiger partial charge in [0, 0.05) is 11.3 Å². The lowest BCUT2D eigenvalue weighted by Crippen LogP contribution is -2.07. The minimum absolute atomic E-state index is 0.413. The van der Waals surface area contributed by atoms with Crippen LogP contribution in [0.4, 0.5) is 0 Å². The van der Waals surface area contributed by atoms with Gasteiger partial charge in [0.25, 0.3) is 0 Å². The third-order valence-electron chi connectivity index (χ3n) is 3.74. The van der Waals surface area contributed by atoms with E-state index in [-0.39, 0.29) is 0 Å². The molecule has 0 radical (unpaired) electrons. The summed E-state index contributed by atoms with van der Waals surface area (Å²) in [5.41, 5.74) is 3.49. The number of carbonyl (C=O) groups is 1. The predicted octanol–water partition coefficient (Wildman–Crippen LogP) is 2.87. The Kier molecular flexibility index (Phi) is 3.14. The normalized spacial score (nSPS) is 16.8. The number of fused-ring (bicyclic) bond motifs is 1. The fraction of sp³-hybridized carbons (Fsp3) is 0.250. The summed E-state index contributed by atoms with van der Waals surface area (Å²) in [4.78, 5) is 15.8. The van der Waals surface area contributed by atoms with Crippen LogP contribution in [-0.2, 0) is 11.2 Å². The summed E-state index contributed by atoms with van der Waals surface area (Å²) >= 11 is 0. The predicted molar refractivity (Wildman–Crippen MR) is 74.9 cm³/mol. The average Bonchev–Trinajstić information content (AvgIpc) is 2.90. The number of methoxy groups -OCH3 is 1. The van der Waals surface area contributed by atoms with E-state index >= 15 is 0 Å². The largest absolute Gasteiger partial charge is 0.496 e. The number of pyridine rings is 1. The SMILES string of the molecule is COc1ccccc1-c1ccc2c(n1)CCC2C(=O)O. The second-order valence-corrected chi connectivity index (χ2v) is 4.86. The van der Waals surface area contributed by atoms with Crippen molar-refractivity contribution < 1.29 is 14.6 Å². The van der Waals surface area contributed by atoms with E-state index in [1.165, 1.54) is 0 Å². The maximum absolute atomic E-state index is 11.2. The molecule has 0 saturated carbocycles. The van der Waals surface area contributed by atoms with E-state index in [0.29, 0.717) is 6.42 Å². The van der Waals surface area contributed by atoms with E-state index in [1.54, 1.807) is 7.11 Å². The second-order valence-electron chi connectivity index (χ2n) is 4.86. The number of benzene rings is 1. The van der Waals surface area contributed by atoms with Crippen LogP contribution < -0.4 is 4.74 Å². The highest BCUT2D eigenvalue weighted by molar-refractivity contribution is 5.78. The molecular weight excluding hydrogens is 254 g/mol. The third-order valence-corrected chi connectivity index (χ3v) is 3.74. The van der Waals surface area contributed by atoms with Gasteiger partial charge in [-0.25, -0.2) is 0 Å². The molecule has 0 bridgehead atoms. The average molecular weight is 269 g/mol. The molecule has 3 rings (SSSR count). The number of aromatic nitrogens is 1. The highest BCUT2D eigenvalue weighted by Gasteiger charge is 2.29. The summed E-state index contributed by atoms with van der Waals surface area (Å²) in [6, 6.07) is 11.5. The summed E-state index contributed by atoms with van der Waals surface area (Å²) in [5.74, 6) is -0.410. The Labute approximate surface area is 117 Å². The van der Waals surface area contributed by atoms with E-state index in [4.69, 9.17) is 4.74 Å². The number of aliphatic carboxylic acids is 1. The molecule has 1 aromatic carbocycles. The van der Waals surface area contributed by atoms with Gasteiger partial charge in [-0.1, -0.05) is 18.2 Å². The molecule has 1 aromatic heterocycles. The Morgan fingerprint density at radius 2 is 2.10 bits per heavy atom. The first-order chi connectivity index (χ1) is 9.70. The van der Waals surface area contributed by atoms with Crippen molar-refractivity contribution in [1.82, 2.24) is 4.98 Å². The lowest BCUT2D eigenvalue weighted by Gasteiger charge is -2.10. The Morgan fingerprint density at radius 1 is 1.30 bits per heavy atom. The molecular formula is C16H15NO3. The van der Waals surface area contributed by atoms with Crippen LogP contribution in [-0.4, -0.2) is 23.2 Å². The third kappa shape index (κ3) is 2.03. The van der Waals surface area contributed by atoms with Gasteiger partial charge in [0.2, 0.25) is 0 Å². The molecule has 0 spiro atoms. The molecule has 1 heterocycles. The zero-order valence-corrected chi connectivity index (χ0v) is 11.2. The molecule has 0 amide bonds. The highest BCUT2D eigenvalue weighted by atomic mass is 16.5. The van der Waals surface area contributed by atoms with Gasteiger partial charge in [-0.05, 0) is 36.6 Å². The zero-order chi connectivity index (χ0) is 14.1. The molecule has 4 heteroatoms. The number of aryl methyl sites for hydroxylation is 1. The van der Waals surface area contributed by atoms with E-state index in [1.807, 2.05) is 36.4 Å². The van der Waals surface area contributed by atoms with Crippen LogP contribution in [0.15, 0.2) is 36.4 Å². The molecule has 20 heavy (non-hydrogen) atoms.